The summed E-state index contributed by atoms with van der Waals surface area (Å²) in [6, 6.07) is 14.6. The number of fused-ring (bicyclic) bond motifs is 1. The van der Waals surface area contributed by atoms with E-state index in [1.54, 1.807) is 22.7 Å². The van der Waals surface area contributed by atoms with Gasteiger partial charge < -0.3 is 0 Å². The van der Waals surface area contributed by atoms with E-state index >= 15 is 0 Å². The van der Waals surface area contributed by atoms with Crippen LogP contribution in [0.5, 0.6) is 0 Å². The molecule has 4 rings (SSSR count). The van der Waals surface area contributed by atoms with Gasteiger partial charge in [0.15, 0.2) is 5.65 Å². The molecule has 3 heterocycles. The summed E-state index contributed by atoms with van der Waals surface area (Å²) < 4.78 is 30.6. The second-order valence-electron chi connectivity index (χ2n) is 5.58. The summed E-state index contributed by atoms with van der Waals surface area (Å²) in [5, 5.41) is 0. The number of imidazole rings is 1. The maximum Gasteiger partial charge on any atom is 0.263 e. The number of nitrogens with zero attached hydrogens (tertiary/aromatic N) is 3. The van der Waals surface area contributed by atoms with Gasteiger partial charge in [-0.1, -0.05) is 30.3 Å². The van der Waals surface area contributed by atoms with E-state index in [2.05, 4.69) is 30.6 Å². The van der Waals surface area contributed by atoms with Gasteiger partial charge in [0, 0.05) is 24.2 Å². The SMILES string of the molecule is O=S(=O)(Nc1cc(-c2ccccc2)cn2c(Br)cnc12)c1cccnc1. The van der Waals surface area contributed by atoms with Crippen LogP contribution in [-0.2, 0) is 10.0 Å². The molecular weight excluding hydrogens is 416 g/mol. The molecule has 130 valence electrons. The van der Waals surface area contributed by atoms with Crippen LogP contribution in [-0.4, -0.2) is 22.8 Å². The van der Waals surface area contributed by atoms with Gasteiger partial charge in [-0.15, -0.1) is 0 Å². The zero-order chi connectivity index (χ0) is 18.1. The fourth-order valence-electron chi connectivity index (χ4n) is 2.63. The van der Waals surface area contributed by atoms with Crippen molar-refractivity contribution in [3.63, 3.8) is 0 Å². The molecule has 0 saturated carbocycles. The number of nitrogens with one attached hydrogen (secondary N) is 1. The summed E-state index contributed by atoms with van der Waals surface area (Å²) in [5.41, 5.74) is 2.72. The molecule has 0 bridgehead atoms. The van der Waals surface area contributed by atoms with Gasteiger partial charge in [0.2, 0.25) is 0 Å². The Bertz CT molecular complexity index is 1180. The highest BCUT2D eigenvalue weighted by molar-refractivity contribution is 9.10. The molecule has 0 spiro atoms. The number of halogens is 1. The Morgan fingerprint density at radius 2 is 1.81 bits per heavy atom. The zero-order valence-electron chi connectivity index (χ0n) is 13.4. The van der Waals surface area contributed by atoms with Crippen molar-refractivity contribution in [2.75, 3.05) is 4.72 Å². The van der Waals surface area contributed by atoms with Crippen molar-refractivity contribution in [2.45, 2.75) is 4.90 Å². The Morgan fingerprint density at radius 3 is 2.54 bits per heavy atom. The number of aromatic nitrogens is 3. The molecule has 0 aliphatic rings. The van der Waals surface area contributed by atoms with Crippen molar-refractivity contribution >= 4 is 37.3 Å². The molecule has 0 fully saturated rings. The van der Waals surface area contributed by atoms with Crippen LogP contribution >= 0.6 is 15.9 Å². The third-order valence-corrected chi connectivity index (χ3v) is 5.79. The molecule has 1 N–H and O–H groups in total. The molecule has 0 saturated heterocycles. The topological polar surface area (TPSA) is 76.4 Å². The Balaban J connectivity index is 1.87. The number of sulfonamides is 1. The number of anilines is 1. The van der Waals surface area contributed by atoms with E-state index in [1.807, 2.05) is 36.5 Å². The third-order valence-electron chi connectivity index (χ3n) is 3.86. The highest BCUT2D eigenvalue weighted by Gasteiger charge is 2.18. The molecule has 4 aromatic rings. The molecule has 0 aliphatic carbocycles. The van der Waals surface area contributed by atoms with Gasteiger partial charge in [0.25, 0.3) is 10.0 Å². The first-order valence-electron chi connectivity index (χ1n) is 7.69. The first-order chi connectivity index (χ1) is 12.5. The number of hydrogen-bond donors (Lipinski definition) is 1. The summed E-state index contributed by atoms with van der Waals surface area (Å²) >= 11 is 3.45. The molecule has 0 atom stereocenters. The van der Waals surface area contributed by atoms with Gasteiger partial charge in [0.05, 0.1) is 11.9 Å². The molecule has 0 aliphatic heterocycles. The van der Waals surface area contributed by atoms with Crippen LogP contribution in [0.3, 0.4) is 0 Å². The van der Waals surface area contributed by atoms with Gasteiger partial charge in [0.1, 0.15) is 9.50 Å². The summed E-state index contributed by atoms with van der Waals surface area (Å²) in [4.78, 5) is 8.27. The van der Waals surface area contributed by atoms with Crippen molar-refractivity contribution in [1.82, 2.24) is 14.4 Å². The molecule has 0 radical (unpaired) electrons. The van der Waals surface area contributed by atoms with Crippen LogP contribution in [0.4, 0.5) is 5.69 Å². The Kier molecular flexibility index (Phi) is 4.21. The fourth-order valence-corrected chi connectivity index (χ4v) is 4.02. The van der Waals surface area contributed by atoms with Crippen molar-refractivity contribution in [2.24, 2.45) is 0 Å². The van der Waals surface area contributed by atoms with Crippen molar-refractivity contribution in [1.29, 1.82) is 0 Å². The summed E-state index contributed by atoms with van der Waals surface area (Å²) in [6.45, 7) is 0. The second kappa shape index (κ2) is 6.54. The lowest BCUT2D eigenvalue weighted by atomic mass is 10.1. The van der Waals surface area contributed by atoms with Crippen molar-refractivity contribution in [3.8, 4) is 11.1 Å². The van der Waals surface area contributed by atoms with Gasteiger partial charge in [-0.3, -0.25) is 14.1 Å². The normalized spacial score (nSPS) is 11.6. The monoisotopic (exact) mass is 428 g/mol. The van der Waals surface area contributed by atoms with E-state index < -0.39 is 10.0 Å². The summed E-state index contributed by atoms with van der Waals surface area (Å²) in [5.74, 6) is 0. The molecule has 0 amide bonds. The highest BCUT2D eigenvalue weighted by atomic mass is 79.9. The first kappa shape index (κ1) is 16.7. The average molecular weight is 429 g/mol. The molecule has 0 unspecified atom stereocenters. The van der Waals surface area contributed by atoms with Gasteiger partial charge >= 0.3 is 0 Å². The smallest absolute Gasteiger partial charge is 0.263 e. The number of hydrogen-bond acceptors (Lipinski definition) is 4. The van der Waals surface area contributed by atoms with E-state index in [-0.39, 0.29) is 4.90 Å². The van der Waals surface area contributed by atoms with Crippen LogP contribution in [0.1, 0.15) is 0 Å². The number of rotatable bonds is 4. The van der Waals surface area contributed by atoms with E-state index in [9.17, 15) is 8.42 Å². The Morgan fingerprint density at radius 1 is 1.00 bits per heavy atom. The predicted octanol–water partition coefficient (Wildman–Crippen LogP) is 3.96. The van der Waals surface area contributed by atoms with Gasteiger partial charge in [-0.05, 0) is 39.7 Å². The van der Waals surface area contributed by atoms with Gasteiger partial charge in [-0.25, -0.2) is 13.4 Å². The number of benzene rings is 1. The summed E-state index contributed by atoms with van der Waals surface area (Å²) in [6.07, 6.45) is 6.37. The molecule has 8 heteroatoms. The maximum atomic E-state index is 12.7. The van der Waals surface area contributed by atoms with Crippen LogP contribution < -0.4 is 4.72 Å². The van der Waals surface area contributed by atoms with Gasteiger partial charge in [-0.2, -0.15) is 0 Å². The lowest BCUT2D eigenvalue weighted by Gasteiger charge is -2.12. The molecular formula is C18H13BrN4O2S. The predicted molar refractivity (Wildman–Crippen MR) is 103 cm³/mol. The van der Waals surface area contributed by atoms with Crippen molar-refractivity contribution < 1.29 is 8.42 Å². The molecule has 1 aromatic carbocycles. The summed E-state index contributed by atoms with van der Waals surface area (Å²) in [7, 11) is -3.78. The lowest BCUT2D eigenvalue weighted by molar-refractivity contribution is 0.601. The molecule has 26 heavy (non-hydrogen) atoms. The Labute approximate surface area is 158 Å². The maximum absolute atomic E-state index is 12.7. The van der Waals surface area contributed by atoms with Crippen LogP contribution in [0.15, 0.2) is 82.8 Å². The van der Waals surface area contributed by atoms with E-state index in [0.29, 0.717) is 11.3 Å². The van der Waals surface area contributed by atoms with Crippen LogP contribution in [0, 0.1) is 0 Å². The molecule has 6 nitrogen and oxygen atoms in total. The fraction of sp³-hybridized carbons (Fsp3) is 0. The molecule has 3 aromatic heterocycles. The van der Waals surface area contributed by atoms with E-state index in [1.165, 1.54) is 18.5 Å². The quantitative estimate of drug-likeness (QED) is 0.533. The minimum Gasteiger partial charge on any atom is -0.292 e. The highest BCUT2D eigenvalue weighted by Crippen LogP contribution is 2.29. The second-order valence-corrected chi connectivity index (χ2v) is 8.07. The average Bonchev–Trinajstić information content (AvgIpc) is 3.04. The van der Waals surface area contributed by atoms with Crippen LogP contribution in [0.2, 0.25) is 0 Å². The van der Waals surface area contributed by atoms with E-state index in [0.717, 1.165) is 15.7 Å². The lowest BCUT2D eigenvalue weighted by Crippen LogP contribution is -2.14. The minimum atomic E-state index is -3.78. The minimum absolute atomic E-state index is 0.0916. The standard InChI is InChI=1S/C18H13BrN4O2S/c19-17-11-21-18-16(22-26(24,25)15-7-4-8-20-10-15)9-14(12-23(17)18)13-5-2-1-3-6-13/h1-12,22H. The number of pyridine rings is 2. The largest absolute Gasteiger partial charge is 0.292 e. The van der Waals surface area contributed by atoms with Crippen molar-refractivity contribution in [3.05, 3.63) is 77.9 Å². The van der Waals surface area contributed by atoms with Crippen LogP contribution in [0.25, 0.3) is 16.8 Å². The third kappa shape index (κ3) is 3.09. The Hall–Kier alpha value is -2.71. The zero-order valence-corrected chi connectivity index (χ0v) is 15.8. The van der Waals surface area contributed by atoms with E-state index in [4.69, 9.17) is 0 Å². The first-order valence-corrected chi connectivity index (χ1v) is 9.97.